The Bertz CT molecular complexity index is 1430. The highest BCUT2D eigenvalue weighted by Crippen LogP contribution is 2.50. The lowest BCUT2D eigenvalue weighted by Crippen LogP contribution is -2.71. The molecule has 4 heterocycles. The minimum Gasteiger partial charge on any atom is -0.505 e. The molecule has 37 heavy (non-hydrogen) atoms. The number of aliphatic carboxylic acids is 1. The maximum absolute atomic E-state index is 13.4. The Kier molecular flexibility index (Phi) is 5.98. The second-order valence-electron chi connectivity index (χ2n) is 9.29. The van der Waals surface area contributed by atoms with E-state index in [1.807, 2.05) is 0 Å². The number of carbonyl (C=O) groups excluding carboxylic acids is 3. The summed E-state index contributed by atoms with van der Waals surface area (Å²) in [6.07, 6.45) is 2.66. The molecule has 2 aliphatic heterocycles. The summed E-state index contributed by atoms with van der Waals surface area (Å²) in [5.74, 6) is -3.38. The number of hydrogen-bond acceptors (Lipinski definition) is 8. The van der Waals surface area contributed by atoms with Gasteiger partial charge in [-0.15, -0.1) is 11.8 Å². The third-order valence-corrected chi connectivity index (χ3v) is 8.06. The molecule has 3 aromatic rings. The molecular formula is C25H23N5O6S. The average molecular weight is 522 g/mol. The Morgan fingerprint density at radius 3 is 2.54 bits per heavy atom. The second kappa shape index (κ2) is 9.04. The highest BCUT2D eigenvalue weighted by Gasteiger charge is 2.64. The normalized spacial score (nSPS) is 22.6. The van der Waals surface area contributed by atoms with Crippen LogP contribution in [-0.2, 0) is 14.4 Å². The van der Waals surface area contributed by atoms with Crippen LogP contribution in [-0.4, -0.2) is 71.0 Å². The van der Waals surface area contributed by atoms with Gasteiger partial charge in [-0.1, -0.05) is 30.3 Å². The Hall–Kier alpha value is -4.19. The van der Waals surface area contributed by atoms with Gasteiger partial charge in [-0.25, -0.2) is 4.79 Å². The fourth-order valence-electron chi connectivity index (χ4n) is 4.71. The van der Waals surface area contributed by atoms with Gasteiger partial charge in [0.1, 0.15) is 34.6 Å². The standard InChI is InChI=1S/C25H23N5O6S/c1-25(2)19(24(35)36)30-22(34)17(23(30)37-25)29-21(33)15(12-7-4-3-5-8-12)28-20(32)13-11-27-14-9-6-10-26-16(14)18(13)31/h3-11,15,17,19,23H,1-2H3,(H,27,31)(H,28,32)(H,29,33)(H,35,36)/t15?,17?,19-,23+/m0/s1. The summed E-state index contributed by atoms with van der Waals surface area (Å²) >= 11 is 1.30. The first-order chi connectivity index (χ1) is 17.6. The Balaban J connectivity index is 1.39. The summed E-state index contributed by atoms with van der Waals surface area (Å²) in [6, 6.07) is 8.57. The average Bonchev–Trinajstić information content (AvgIpc) is 3.14. The maximum atomic E-state index is 13.4. The van der Waals surface area contributed by atoms with Crippen molar-refractivity contribution in [3.63, 3.8) is 0 Å². The molecule has 2 aromatic heterocycles. The number of rotatable bonds is 6. The van der Waals surface area contributed by atoms with Crippen LogP contribution in [0.2, 0.25) is 0 Å². The van der Waals surface area contributed by atoms with E-state index in [1.54, 1.807) is 56.3 Å². The van der Waals surface area contributed by atoms with Crippen LogP contribution in [0, 0.1) is 0 Å². The summed E-state index contributed by atoms with van der Waals surface area (Å²) in [5.41, 5.74) is 0.831. The van der Waals surface area contributed by atoms with Crippen LogP contribution in [0.5, 0.6) is 5.75 Å². The SMILES string of the molecule is CC1(C)S[C@@H]2C(NC(=O)C(NC(=O)c3cnc4cccnc4c3O)c3ccccc3)C(=O)N2[C@H]1C(=O)O. The van der Waals surface area contributed by atoms with E-state index < -0.39 is 51.9 Å². The zero-order valence-corrected chi connectivity index (χ0v) is 20.6. The van der Waals surface area contributed by atoms with E-state index in [2.05, 4.69) is 20.6 Å². The number of benzene rings is 1. The van der Waals surface area contributed by atoms with Crippen molar-refractivity contribution in [2.45, 2.75) is 42.1 Å². The molecule has 1 aromatic carbocycles. The van der Waals surface area contributed by atoms with Gasteiger partial charge in [0.25, 0.3) is 5.91 Å². The molecule has 4 N–H and O–H groups in total. The minimum absolute atomic E-state index is 0.143. The summed E-state index contributed by atoms with van der Waals surface area (Å²) in [6.45, 7) is 3.49. The molecule has 3 amide bonds. The smallest absolute Gasteiger partial charge is 0.327 e. The molecule has 190 valence electrons. The van der Waals surface area contributed by atoms with Gasteiger partial charge in [-0.3, -0.25) is 24.4 Å². The Morgan fingerprint density at radius 2 is 1.84 bits per heavy atom. The molecule has 0 saturated carbocycles. The van der Waals surface area contributed by atoms with E-state index in [0.717, 1.165) is 0 Å². The quantitative estimate of drug-likeness (QED) is 0.352. The highest BCUT2D eigenvalue weighted by molar-refractivity contribution is 8.01. The van der Waals surface area contributed by atoms with Gasteiger partial charge in [0.15, 0.2) is 5.75 Å². The number of aromatic nitrogens is 2. The number of pyridine rings is 2. The molecule has 2 fully saturated rings. The molecule has 2 aliphatic rings. The van der Waals surface area contributed by atoms with Gasteiger partial charge < -0.3 is 25.7 Å². The predicted molar refractivity (Wildman–Crippen MR) is 134 cm³/mol. The molecule has 5 rings (SSSR count). The Morgan fingerprint density at radius 1 is 1.11 bits per heavy atom. The van der Waals surface area contributed by atoms with Crippen LogP contribution in [0.3, 0.4) is 0 Å². The van der Waals surface area contributed by atoms with Crippen molar-refractivity contribution < 1.29 is 29.4 Å². The predicted octanol–water partition coefficient (Wildman–Crippen LogP) is 1.44. The fraction of sp³-hybridized carbons (Fsp3) is 0.280. The monoisotopic (exact) mass is 521 g/mol. The first kappa shape index (κ1) is 24.5. The lowest BCUT2D eigenvalue weighted by molar-refractivity contribution is -0.161. The summed E-state index contributed by atoms with van der Waals surface area (Å²) in [7, 11) is 0. The van der Waals surface area contributed by atoms with E-state index >= 15 is 0 Å². The lowest BCUT2D eigenvalue weighted by atomic mass is 9.95. The van der Waals surface area contributed by atoms with Crippen LogP contribution in [0.1, 0.15) is 35.8 Å². The Labute approximate surface area is 215 Å². The molecule has 0 bridgehead atoms. The van der Waals surface area contributed by atoms with Gasteiger partial charge in [0.05, 0.1) is 5.52 Å². The largest absolute Gasteiger partial charge is 0.505 e. The summed E-state index contributed by atoms with van der Waals surface area (Å²) in [5, 5.41) is 25.0. The van der Waals surface area contributed by atoms with Crippen LogP contribution in [0.4, 0.5) is 0 Å². The number of β-lactam (4-membered cyclic amide) rings is 1. The first-order valence-electron chi connectivity index (χ1n) is 11.4. The van der Waals surface area contributed by atoms with Gasteiger partial charge in [-0.2, -0.15) is 0 Å². The van der Waals surface area contributed by atoms with E-state index in [-0.39, 0.29) is 16.8 Å². The van der Waals surface area contributed by atoms with Gasteiger partial charge in [0.2, 0.25) is 11.8 Å². The molecule has 0 radical (unpaired) electrons. The lowest BCUT2D eigenvalue weighted by Gasteiger charge is -2.44. The minimum atomic E-state index is -1.20. The number of carboxylic acids is 1. The van der Waals surface area contributed by atoms with Crippen LogP contribution < -0.4 is 10.6 Å². The summed E-state index contributed by atoms with van der Waals surface area (Å²) in [4.78, 5) is 60.7. The number of carbonyl (C=O) groups is 4. The number of nitrogens with zero attached hydrogens (tertiary/aromatic N) is 3. The molecule has 12 heteroatoms. The molecule has 4 atom stereocenters. The topological polar surface area (TPSA) is 162 Å². The number of nitrogens with one attached hydrogen (secondary N) is 2. The molecule has 11 nitrogen and oxygen atoms in total. The van der Waals surface area contributed by atoms with Crippen molar-refractivity contribution >= 4 is 46.5 Å². The molecule has 0 aliphatic carbocycles. The highest BCUT2D eigenvalue weighted by atomic mass is 32.2. The maximum Gasteiger partial charge on any atom is 0.327 e. The van der Waals surface area contributed by atoms with E-state index in [0.29, 0.717) is 11.1 Å². The fourth-order valence-corrected chi connectivity index (χ4v) is 6.33. The van der Waals surface area contributed by atoms with Crippen LogP contribution in [0.25, 0.3) is 11.0 Å². The zero-order valence-electron chi connectivity index (χ0n) is 19.8. The number of hydrogen-bond donors (Lipinski definition) is 4. The third-order valence-electron chi connectivity index (χ3n) is 6.49. The third kappa shape index (κ3) is 4.12. The second-order valence-corrected chi connectivity index (χ2v) is 11.1. The van der Waals surface area contributed by atoms with Crippen LogP contribution in [0.15, 0.2) is 54.9 Å². The van der Waals surface area contributed by atoms with Crippen molar-refractivity contribution in [1.29, 1.82) is 0 Å². The number of aromatic hydroxyl groups is 1. The van der Waals surface area contributed by atoms with Gasteiger partial charge in [-0.05, 0) is 31.5 Å². The van der Waals surface area contributed by atoms with Gasteiger partial charge >= 0.3 is 5.97 Å². The van der Waals surface area contributed by atoms with Gasteiger partial charge in [0, 0.05) is 17.1 Å². The number of amides is 3. The van der Waals surface area contributed by atoms with Crippen LogP contribution >= 0.6 is 11.8 Å². The summed E-state index contributed by atoms with van der Waals surface area (Å²) < 4.78 is -0.743. The number of carboxylic acid groups (broad SMARTS) is 1. The molecular weight excluding hydrogens is 498 g/mol. The van der Waals surface area contributed by atoms with Crippen molar-refractivity contribution in [3.05, 3.63) is 66.0 Å². The van der Waals surface area contributed by atoms with Crippen molar-refractivity contribution in [1.82, 2.24) is 25.5 Å². The van der Waals surface area contributed by atoms with E-state index in [9.17, 15) is 29.4 Å². The number of thioether (sulfide) groups is 1. The van der Waals surface area contributed by atoms with Crippen molar-refractivity contribution in [3.8, 4) is 5.75 Å². The zero-order chi connectivity index (χ0) is 26.5. The van der Waals surface area contributed by atoms with Crippen molar-refractivity contribution in [2.75, 3.05) is 0 Å². The molecule has 2 unspecified atom stereocenters. The molecule has 2 saturated heterocycles. The first-order valence-corrected chi connectivity index (χ1v) is 12.3. The number of fused-ring (bicyclic) bond motifs is 2. The van der Waals surface area contributed by atoms with Crippen molar-refractivity contribution in [2.24, 2.45) is 0 Å². The van der Waals surface area contributed by atoms with E-state index in [4.69, 9.17) is 0 Å². The van der Waals surface area contributed by atoms with E-state index in [1.165, 1.54) is 29.1 Å². The molecule has 0 spiro atoms.